The molecule has 2 aliphatic rings. The predicted molar refractivity (Wildman–Crippen MR) is 356 cm³/mol. The molecule has 3 atom stereocenters. The number of ketones is 1. The van der Waals surface area contributed by atoms with Gasteiger partial charge in [0.05, 0.1) is 60.9 Å². The van der Waals surface area contributed by atoms with E-state index in [-0.39, 0.29) is 97.9 Å². The Balaban J connectivity index is 1.35. The van der Waals surface area contributed by atoms with Crippen LogP contribution in [0.3, 0.4) is 0 Å². The van der Waals surface area contributed by atoms with Gasteiger partial charge in [-0.15, -0.1) is 0 Å². The lowest BCUT2D eigenvalue weighted by Crippen LogP contribution is -2.58. The van der Waals surface area contributed by atoms with Crippen molar-refractivity contribution in [1.29, 1.82) is 0 Å². The minimum atomic E-state index is -0.981. The van der Waals surface area contributed by atoms with Gasteiger partial charge in [-0.3, -0.25) is 24.2 Å². The van der Waals surface area contributed by atoms with Gasteiger partial charge in [-0.2, -0.15) is 0 Å². The minimum absolute atomic E-state index is 0.0190. The van der Waals surface area contributed by atoms with E-state index < -0.39 is 75.0 Å². The average molecular weight is 1330 g/mol. The van der Waals surface area contributed by atoms with Crippen molar-refractivity contribution in [3.8, 4) is 0 Å². The standard InChI is InChI=1S/C72H100N4O19/c1-12-59(77)88-48-68(18-7,49-89-60(78)13-2)44-86-46-70(20-9,52-92-63(81)16-5)54-94-65(83)32-34-73-36-40-75(41-37-73)58-30-28-56(29-31-58)67(85)72(22-11,57-26-24-23-25-27-57)76-42-38-74(39-43-76)35-33-66(84)95-55-71(21-10,53-93-64(82)17-6)47-87-45-69(19-8,50-90-61(79)14-3)51-91-62(80)15-4/h12-17,23-31H,1-6,18-22,32-55H2,7-11H3. The molecule has 0 spiro atoms. The summed E-state index contributed by atoms with van der Waals surface area (Å²) < 4.78 is 56.6. The second-order valence-corrected chi connectivity index (χ2v) is 24.2. The third-order valence-corrected chi connectivity index (χ3v) is 18.0. The molecular formula is C72H100N4O19. The number of esters is 8. The van der Waals surface area contributed by atoms with Crippen molar-refractivity contribution in [3.05, 3.63) is 142 Å². The molecule has 23 heteroatoms. The van der Waals surface area contributed by atoms with E-state index in [1.807, 2.05) is 89.2 Å². The molecule has 0 amide bonds. The van der Waals surface area contributed by atoms with Crippen molar-refractivity contribution >= 4 is 59.2 Å². The first kappa shape index (κ1) is 79.3. The smallest absolute Gasteiger partial charge is 0.330 e. The Morgan fingerprint density at radius 2 is 0.684 bits per heavy atom. The Morgan fingerprint density at radius 3 is 0.979 bits per heavy atom. The molecule has 0 radical (unpaired) electrons. The van der Waals surface area contributed by atoms with Gasteiger partial charge in [0.1, 0.15) is 58.4 Å². The summed E-state index contributed by atoms with van der Waals surface area (Å²) in [7, 11) is 0. The lowest BCUT2D eigenvalue weighted by molar-refractivity contribution is -0.162. The van der Waals surface area contributed by atoms with E-state index in [0.717, 1.165) is 47.7 Å². The highest BCUT2D eigenvalue weighted by Gasteiger charge is 2.46. The molecule has 2 aromatic carbocycles. The van der Waals surface area contributed by atoms with E-state index in [1.54, 1.807) is 0 Å². The monoisotopic (exact) mass is 1320 g/mol. The highest BCUT2D eigenvalue weighted by Crippen LogP contribution is 2.38. The second kappa shape index (κ2) is 40.3. The lowest BCUT2D eigenvalue weighted by Gasteiger charge is -2.47. The van der Waals surface area contributed by atoms with Crippen molar-refractivity contribution in [2.75, 3.05) is 150 Å². The van der Waals surface area contributed by atoms with Crippen LogP contribution in [0.15, 0.2) is 131 Å². The van der Waals surface area contributed by atoms with Crippen LogP contribution in [0, 0.1) is 21.7 Å². The fraction of sp³-hybridized carbons (Fsp3) is 0.542. The van der Waals surface area contributed by atoms with E-state index in [1.165, 1.54) is 0 Å². The Hall–Kier alpha value is -8.09. The largest absolute Gasteiger partial charge is 0.465 e. The number of anilines is 1. The maximum absolute atomic E-state index is 15.2. The van der Waals surface area contributed by atoms with E-state index in [9.17, 15) is 38.4 Å². The van der Waals surface area contributed by atoms with Crippen LogP contribution in [0.25, 0.3) is 0 Å². The van der Waals surface area contributed by atoms with Crippen molar-refractivity contribution in [3.63, 3.8) is 0 Å². The van der Waals surface area contributed by atoms with Crippen LogP contribution in [0.5, 0.6) is 0 Å². The normalized spacial score (nSPS) is 15.7. The zero-order valence-electron chi connectivity index (χ0n) is 56.5. The van der Waals surface area contributed by atoms with Crippen LogP contribution >= 0.6 is 0 Å². The Morgan fingerprint density at radius 1 is 0.379 bits per heavy atom. The number of hydrogen-bond donors (Lipinski definition) is 0. The summed E-state index contributed by atoms with van der Waals surface area (Å²) in [6, 6.07) is 17.6. The third kappa shape index (κ3) is 24.6. The van der Waals surface area contributed by atoms with Crippen LogP contribution in [0.1, 0.15) is 95.5 Å². The molecule has 522 valence electrons. The summed E-state index contributed by atoms with van der Waals surface area (Å²) in [6.45, 7) is 34.8. The van der Waals surface area contributed by atoms with Crippen molar-refractivity contribution in [2.24, 2.45) is 21.7 Å². The Bertz CT molecular complexity index is 2850. The lowest BCUT2D eigenvalue weighted by atomic mass is 9.78. The molecule has 0 bridgehead atoms. The Labute approximate surface area is 560 Å². The number of carbonyl (C=O) groups is 9. The number of rotatable bonds is 46. The molecular weight excluding hydrogens is 1220 g/mol. The molecule has 2 heterocycles. The number of hydrogen-bond acceptors (Lipinski definition) is 23. The van der Waals surface area contributed by atoms with Gasteiger partial charge in [0, 0.05) is 113 Å². The zero-order chi connectivity index (χ0) is 69.9. The quantitative estimate of drug-likeness (QED) is 0.0265. The van der Waals surface area contributed by atoms with Gasteiger partial charge < -0.3 is 57.2 Å². The van der Waals surface area contributed by atoms with Gasteiger partial charge in [0.15, 0.2) is 5.78 Å². The average Bonchev–Trinajstić information content (AvgIpc) is 0.768. The highest BCUT2D eigenvalue weighted by atomic mass is 16.6. The molecule has 2 aliphatic heterocycles. The molecule has 95 heavy (non-hydrogen) atoms. The summed E-state index contributed by atoms with van der Waals surface area (Å²) in [5.41, 5.74) is -2.37. The molecule has 0 aliphatic carbocycles. The zero-order valence-corrected chi connectivity index (χ0v) is 56.5. The first-order valence-corrected chi connectivity index (χ1v) is 32.5. The molecule has 2 fully saturated rings. The fourth-order valence-corrected chi connectivity index (χ4v) is 10.9. The maximum Gasteiger partial charge on any atom is 0.330 e. The van der Waals surface area contributed by atoms with Gasteiger partial charge in [-0.05, 0) is 61.9 Å². The summed E-state index contributed by atoms with van der Waals surface area (Å²) in [6.07, 6.45) is 8.44. The summed E-state index contributed by atoms with van der Waals surface area (Å²) in [5.74, 6) is -4.86. The molecule has 0 N–H and O–H groups in total. The minimum Gasteiger partial charge on any atom is -0.465 e. The molecule has 3 unspecified atom stereocenters. The van der Waals surface area contributed by atoms with Gasteiger partial charge in [-0.1, -0.05) is 104 Å². The van der Waals surface area contributed by atoms with E-state index in [2.05, 4.69) is 59.1 Å². The van der Waals surface area contributed by atoms with Crippen LogP contribution < -0.4 is 4.90 Å². The van der Waals surface area contributed by atoms with Gasteiger partial charge in [-0.25, -0.2) is 28.8 Å². The molecule has 2 aromatic rings. The number of piperazine rings is 2. The topological polar surface area (TPSA) is 259 Å². The maximum atomic E-state index is 15.2. The molecule has 0 aromatic heterocycles. The van der Waals surface area contributed by atoms with Crippen LogP contribution in [0.4, 0.5) is 5.69 Å². The van der Waals surface area contributed by atoms with E-state index in [4.69, 9.17) is 47.4 Å². The van der Waals surface area contributed by atoms with Crippen molar-refractivity contribution < 1.29 is 90.5 Å². The highest BCUT2D eigenvalue weighted by molar-refractivity contribution is 6.04. The summed E-state index contributed by atoms with van der Waals surface area (Å²) in [5, 5.41) is 0. The summed E-state index contributed by atoms with van der Waals surface area (Å²) in [4.78, 5) is 124. The van der Waals surface area contributed by atoms with Gasteiger partial charge >= 0.3 is 47.8 Å². The first-order valence-electron chi connectivity index (χ1n) is 32.5. The van der Waals surface area contributed by atoms with Gasteiger partial charge in [0.25, 0.3) is 0 Å². The van der Waals surface area contributed by atoms with Crippen LogP contribution in [-0.2, 0) is 91.3 Å². The predicted octanol–water partition coefficient (Wildman–Crippen LogP) is 7.78. The Kier molecular flexibility index (Phi) is 33.7. The number of nitrogens with zero attached hydrogens (tertiary/aromatic N) is 4. The van der Waals surface area contributed by atoms with Crippen LogP contribution in [0.2, 0.25) is 0 Å². The third-order valence-electron chi connectivity index (χ3n) is 18.0. The number of benzene rings is 2. The van der Waals surface area contributed by atoms with Crippen LogP contribution in [-0.4, -0.2) is 213 Å². The van der Waals surface area contributed by atoms with Crippen molar-refractivity contribution in [1.82, 2.24) is 14.7 Å². The summed E-state index contributed by atoms with van der Waals surface area (Å²) >= 11 is 0. The SMILES string of the molecule is C=CC(=O)OCC(CC)(COCC(CC)(COC(=O)C=C)COC(=O)CCN1CCN(c2ccc(C(=O)C(CC)(c3ccccc3)N3CCN(CCC(=O)OCC(CC)(COCC(CC)(COC(=O)C=C)COC(=O)C=C)COC(=O)C=C)CC3)cc2)CC1)COC(=O)C=C. The number of carbonyl (C=O) groups excluding carboxylic acids is 9. The molecule has 4 rings (SSSR count). The van der Waals surface area contributed by atoms with Crippen molar-refractivity contribution in [2.45, 2.75) is 85.1 Å². The fourth-order valence-electron chi connectivity index (χ4n) is 10.9. The second-order valence-electron chi connectivity index (χ2n) is 24.2. The number of ether oxygens (including phenoxy) is 10. The molecule has 2 saturated heterocycles. The van der Waals surface area contributed by atoms with Gasteiger partial charge in [0.2, 0.25) is 0 Å². The number of Topliss-reactive ketones (excluding diaryl/α,β-unsaturated/α-hetero) is 1. The van der Waals surface area contributed by atoms with E-state index in [0.29, 0.717) is 103 Å². The molecule has 23 nitrogen and oxygen atoms in total. The molecule has 0 saturated carbocycles. The van der Waals surface area contributed by atoms with E-state index >= 15 is 4.79 Å². The first-order chi connectivity index (χ1) is 45.6.